The van der Waals surface area contributed by atoms with Gasteiger partial charge < -0.3 is 5.32 Å². The molecular formula is C15H13NO2. The molecule has 3 heteroatoms. The molecule has 1 N–H and O–H groups in total. The number of ketones is 1. The van der Waals surface area contributed by atoms with Crippen molar-refractivity contribution in [3.05, 3.63) is 59.7 Å². The number of benzene rings is 2. The number of carbonyl (C=O) groups excluding carboxylic acids is 2. The highest BCUT2D eigenvalue weighted by Gasteiger charge is 2.02. The number of para-hydroxylation sites is 1. The first-order valence-corrected chi connectivity index (χ1v) is 5.63. The van der Waals surface area contributed by atoms with E-state index in [2.05, 4.69) is 5.32 Å². The van der Waals surface area contributed by atoms with Crippen LogP contribution in [0, 0.1) is 0 Å². The first-order chi connectivity index (χ1) is 8.70. The van der Waals surface area contributed by atoms with Crippen LogP contribution in [0.15, 0.2) is 48.5 Å². The number of anilines is 2. The van der Waals surface area contributed by atoms with Crippen molar-refractivity contribution in [3.63, 3.8) is 0 Å². The van der Waals surface area contributed by atoms with Crippen LogP contribution in [-0.4, -0.2) is 12.1 Å². The fourth-order valence-electron chi connectivity index (χ4n) is 1.66. The van der Waals surface area contributed by atoms with Crippen LogP contribution >= 0.6 is 0 Å². The Morgan fingerprint density at radius 3 is 2.33 bits per heavy atom. The Labute approximate surface area is 105 Å². The lowest BCUT2D eigenvalue weighted by Crippen LogP contribution is -1.96. The second-order valence-electron chi connectivity index (χ2n) is 3.96. The van der Waals surface area contributed by atoms with E-state index in [1.165, 1.54) is 6.92 Å². The van der Waals surface area contributed by atoms with Gasteiger partial charge in [-0.15, -0.1) is 0 Å². The van der Waals surface area contributed by atoms with Crippen molar-refractivity contribution in [2.75, 3.05) is 5.32 Å². The van der Waals surface area contributed by atoms with E-state index in [-0.39, 0.29) is 5.78 Å². The maximum atomic E-state index is 11.1. The monoisotopic (exact) mass is 239 g/mol. The normalized spacial score (nSPS) is 9.83. The third kappa shape index (κ3) is 2.63. The van der Waals surface area contributed by atoms with Crippen molar-refractivity contribution in [3.8, 4) is 0 Å². The summed E-state index contributed by atoms with van der Waals surface area (Å²) in [4.78, 5) is 22.0. The molecule has 0 atom stereocenters. The molecule has 0 heterocycles. The minimum Gasteiger partial charge on any atom is -0.355 e. The van der Waals surface area contributed by atoms with Gasteiger partial charge in [0.25, 0.3) is 0 Å². The molecule has 2 aromatic rings. The van der Waals surface area contributed by atoms with E-state index < -0.39 is 0 Å². The maximum absolute atomic E-state index is 11.1. The summed E-state index contributed by atoms with van der Waals surface area (Å²) >= 11 is 0. The number of hydrogen-bond donors (Lipinski definition) is 1. The summed E-state index contributed by atoms with van der Waals surface area (Å²) in [6.07, 6.45) is 0.812. The summed E-state index contributed by atoms with van der Waals surface area (Å²) in [5.74, 6) is 0.0369. The zero-order valence-corrected chi connectivity index (χ0v) is 10.0. The van der Waals surface area contributed by atoms with Crippen molar-refractivity contribution in [2.45, 2.75) is 6.92 Å². The van der Waals surface area contributed by atoms with E-state index in [1.807, 2.05) is 30.3 Å². The molecule has 0 saturated carbocycles. The Kier molecular flexibility index (Phi) is 3.53. The van der Waals surface area contributed by atoms with Crippen molar-refractivity contribution in [1.82, 2.24) is 0 Å². The second kappa shape index (κ2) is 5.27. The van der Waals surface area contributed by atoms with E-state index in [4.69, 9.17) is 0 Å². The van der Waals surface area contributed by atoms with E-state index in [0.29, 0.717) is 11.1 Å². The molecule has 0 radical (unpaired) electrons. The van der Waals surface area contributed by atoms with Gasteiger partial charge in [-0.05, 0) is 43.3 Å². The molecule has 0 fully saturated rings. The highest BCUT2D eigenvalue weighted by molar-refractivity contribution is 5.94. The van der Waals surface area contributed by atoms with Gasteiger partial charge in [-0.1, -0.05) is 12.1 Å². The smallest absolute Gasteiger partial charge is 0.159 e. The second-order valence-corrected chi connectivity index (χ2v) is 3.96. The molecule has 0 aliphatic rings. The van der Waals surface area contributed by atoms with E-state index in [0.717, 1.165) is 17.7 Å². The molecule has 2 aromatic carbocycles. The highest BCUT2D eigenvalue weighted by atomic mass is 16.1. The number of aldehydes is 1. The molecule has 0 amide bonds. The van der Waals surface area contributed by atoms with E-state index >= 15 is 0 Å². The van der Waals surface area contributed by atoms with Gasteiger partial charge in [0.2, 0.25) is 0 Å². The quantitative estimate of drug-likeness (QED) is 0.656. The Balaban J connectivity index is 2.23. The minimum absolute atomic E-state index is 0.0369. The fraction of sp³-hybridized carbons (Fsp3) is 0.0667. The molecular weight excluding hydrogens is 226 g/mol. The Hall–Kier alpha value is -2.42. The van der Waals surface area contributed by atoms with Gasteiger partial charge in [0.15, 0.2) is 12.1 Å². The topological polar surface area (TPSA) is 46.2 Å². The molecule has 2 rings (SSSR count). The molecule has 0 aliphatic carbocycles. The predicted molar refractivity (Wildman–Crippen MR) is 71.6 cm³/mol. The van der Waals surface area contributed by atoms with E-state index in [9.17, 15) is 9.59 Å². The zero-order valence-electron chi connectivity index (χ0n) is 10.0. The average molecular weight is 239 g/mol. The van der Waals surface area contributed by atoms with Gasteiger partial charge in [0, 0.05) is 22.5 Å². The predicted octanol–water partition coefficient (Wildman–Crippen LogP) is 3.45. The van der Waals surface area contributed by atoms with Gasteiger partial charge >= 0.3 is 0 Å². The van der Waals surface area contributed by atoms with Crippen molar-refractivity contribution in [2.24, 2.45) is 0 Å². The molecule has 18 heavy (non-hydrogen) atoms. The summed E-state index contributed by atoms with van der Waals surface area (Å²) in [7, 11) is 0. The zero-order chi connectivity index (χ0) is 13.0. The van der Waals surface area contributed by atoms with Gasteiger partial charge in [0.05, 0.1) is 0 Å². The first kappa shape index (κ1) is 12.0. The number of carbonyl (C=O) groups is 2. The largest absolute Gasteiger partial charge is 0.355 e. The molecule has 0 saturated heterocycles. The molecule has 90 valence electrons. The van der Waals surface area contributed by atoms with Crippen LogP contribution in [0.25, 0.3) is 0 Å². The lowest BCUT2D eigenvalue weighted by atomic mass is 10.1. The molecule has 3 nitrogen and oxygen atoms in total. The van der Waals surface area contributed by atoms with Crippen LogP contribution in [0.4, 0.5) is 11.4 Å². The van der Waals surface area contributed by atoms with Gasteiger partial charge in [-0.3, -0.25) is 9.59 Å². The summed E-state index contributed by atoms with van der Waals surface area (Å²) in [5.41, 5.74) is 2.87. The molecule has 0 aromatic heterocycles. The lowest BCUT2D eigenvalue weighted by molar-refractivity contribution is 0.101. The Morgan fingerprint density at radius 1 is 1.06 bits per heavy atom. The third-order valence-electron chi connectivity index (χ3n) is 2.66. The van der Waals surface area contributed by atoms with Crippen LogP contribution < -0.4 is 5.32 Å². The SMILES string of the molecule is CC(=O)c1ccc(Nc2ccccc2C=O)cc1. The number of Topliss-reactive ketones (excluding diaryl/α,β-unsaturated/α-hetero) is 1. The standard InChI is InChI=1S/C15H13NO2/c1-11(18)12-6-8-14(9-7-12)16-15-5-3-2-4-13(15)10-17/h2-10,16H,1H3. The van der Waals surface area contributed by atoms with Crippen LogP contribution in [0.2, 0.25) is 0 Å². The minimum atomic E-state index is 0.0369. The van der Waals surface area contributed by atoms with Crippen molar-refractivity contribution >= 4 is 23.4 Å². The average Bonchev–Trinajstić information content (AvgIpc) is 2.40. The maximum Gasteiger partial charge on any atom is 0.159 e. The van der Waals surface area contributed by atoms with Crippen LogP contribution in [0.3, 0.4) is 0 Å². The summed E-state index contributed by atoms with van der Waals surface area (Å²) < 4.78 is 0. The fourth-order valence-corrected chi connectivity index (χ4v) is 1.66. The molecule has 0 unspecified atom stereocenters. The first-order valence-electron chi connectivity index (χ1n) is 5.63. The third-order valence-corrected chi connectivity index (χ3v) is 2.66. The van der Waals surface area contributed by atoms with Crippen LogP contribution in [0.5, 0.6) is 0 Å². The number of hydrogen-bond acceptors (Lipinski definition) is 3. The highest BCUT2D eigenvalue weighted by Crippen LogP contribution is 2.20. The summed E-state index contributed by atoms with van der Waals surface area (Å²) in [6.45, 7) is 1.53. The lowest BCUT2D eigenvalue weighted by Gasteiger charge is -2.08. The number of nitrogens with one attached hydrogen (secondary N) is 1. The van der Waals surface area contributed by atoms with Crippen LogP contribution in [-0.2, 0) is 0 Å². The molecule has 0 bridgehead atoms. The Bertz CT molecular complexity index is 573. The summed E-state index contributed by atoms with van der Waals surface area (Å²) in [5, 5.41) is 3.15. The molecule has 0 spiro atoms. The van der Waals surface area contributed by atoms with Crippen LogP contribution in [0.1, 0.15) is 27.6 Å². The van der Waals surface area contributed by atoms with Gasteiger partial charge in [-0.2, -0.15) is 0 Å². The summed E-state index contributed by atoms with van der Waals surface area (Å²) in [6, 6.07) is 14.4. The van der Waals surface area contributed by atoms with E-state index in [1.54, 1.807) is 18.2 Å². The number of rotatable bonds is 4. The van der Waals surface area contributed by atoms with Gasteiger partial charge in [0.1, 0.15) is 0 Å². The Morgan fingerprint density at radius 2 is 1.72 bits per heavy atom. The molecule has 0 aliphatic heterocycles. The van der Waals surface area contributed by atoms with Crippen molar-refractivity contribution in [1.29, 1.82) is 0 Å². The van der Waals surface area contributed by atoms with Crippen molar-refractivity contribution < 1.29 is 9.59 Å². The van der Waals surface area contributed by atoms with Gasteiger partial charge in [-0.25, -0.2) is 0 Å².